The Hall–Kier alpha value is -2.56. The summed E-state index contributed by atoms with van der Waals surface area (Å²) in [7, 11) is -2.78. The van der Waals surface area contributed by atoms with Gasteiger partial charge in [-0.3, -0.25) is 5.32 Å². The number of carbonyl (C=O) groups is 2. The van der Waals surface area contributed by atoms with Crippen LogP contribution < -0.4 is 10.0 Å². The monoisotopic (exact) mass is 383 g/mol. The molecule has 0 atom stereocenters. The molecule has 1 heterocycles. The van der Waals surface area contributed by atoms with Crippen LogP contribution >= 0.6 is 0 Å². The van der Waals surface area contributed by atoms with E-state index >= 15 is 0 Å². The smallest absolute Gasteiger partial charge is 0.376 e. The minimum Gasteiger partial charge on any atom is -0.463 e. The lowest BCUT2D eigenvalue weighted by Gasteiger charge is -2.13. The van der Waals surface area contributed by atoms with Crippen LogP contribution in [-0.4, -0.2) is 42.5 Å². The van der Waals surface area contributed by atoms with Gasteiger partial charge in [0, 0.05) is 0 Å². The molecule has 0 saturated heterocycles. The summed E-state index contributed by atoms with van der Waals surface area (Å²) in [6.07, 6.45) is 6.40. The Morgan fingerprint density at radius 3 is 2.58 bits per heavy atom. The zero-order valence-electron chi connectivity index (χ0n) is 14.6. The van der Waals surface area contributed by atoms with Crippen molar-refractivity contribution < 1.29 is 22.7 Å². The number of aromatic nitrogens is 3. The Morgan fingerprint density at radius 2 is 1.85 bits per heavy atom. The number of urea groups is 1. The highest BCUT2D eigenvalue weighted by Gasteiger charge is 2.22. The maximum Gasteiger partial charge on any atom is 0.376 e. The summed E-state index contributed by atoms with van der Waals surface area (Å²) < 4.78 is 31.2. The third kappa shape index (κ3) is 5.48. The predicted octanol–water partition coefficient (Wildman–Crippen LogP) is 1.66. The van der Waals surface area contributed by atoms with Gasteiger partial charge in [-0.25, -0.2) is 27.7 Å². The molecule has 2 N–H and O–H groups in total. The van der Waals surface area contributed by atoms with Crippen LogP contribution in [0.3, 0.4) is 0 Å². The second-order valence-corrected chi connectivity index (χ2v) is 7.44. The van der Waals surface area contributed by atoms with Crippen LogP contribution in [0.4, 0.5) is 10.7 Å². The standard InChI is InChI=1S/C15H21N5O5S/c1-10-16-12(13(21)25-2)18-14(17-10)19-15(22)20-26(23,24)11-8-6-4-3-5-7-9-11/h8H,3-7,9H2,1-2H3,(H2,16,17,18,19,20,22). The van der Waals surface area contributed by atoms with E-state index < -0.39 is 22.0 Å². The highest BCUT2D eigenvalue weighted by Crippen LogP contribution is 2.20. The van der Waals surface area contributed by atoms with Gasteiger partial charge < -0.3 is 4.74 Å². The van der Waals surface area contributed by atoms with Gasteiger partial charge in [0.1, 0.15) is 5.82 Å². The van der Waals surface area contributed by atoms with Gasteiger partial charge in [-0.2, -0.15) is 9.97 Å². The maximum absolute atomic E-state index is 12.4. The zero-order chi connectivity index (χ0) is 19.2. The number of nitrogens with zero attached hydrogens (tertiary/aromatic N) is 3. The number of hydrogen-bond donors (Lipinski definition) is 2. The van der Waals surface area contributed by atoms with Gasteiger partial charge in [0.2, 0.25) is 11.8 Å². The first-order valence-corrected chi connectivity index (χ1v) is 9.64. The highest BCUT2D eigenvalue weighted by molar-refractivity contribution is 7.93. The van der Waals surface area contributed by atoms with Gasteiger partial charge in [-0.1, -0.05) is 18.9 Å². The van der Waals surface area contributed by atoms with Gasteiger partial charge in [-0.05, 0) is 32.6 Å². The summed E-state index contributed by atoms with van der Waals surface area (Å²) in [5, 5.41) is 2.20. The molecule has 1 aromatic rings. The summed E-state index contributed by atoms with van der Waals surface area (Å²) in [6.45, 7) is 1.49. The summed E-state index contributed by atoms with van der Waals surface area (Å²) in [6, 6.07) is -1.02. The van der Waals surface area contributed by atoms with Crippen LogP contribution in [0.1, 0.15) is 55.0 Å². The number of sulfonamides is 1. The molecule has 1 aromatic heterocycles. The van der Waals surface area contributed by atoms with Crippen LogP contribution in [-0.2, 0) is 14.8 Å². The second-order valence-electron chi connectivity index (χ2n) is 5.70. The second kappa shape index (κ2) is 8.70. The summed E-state index contributed by atoms with van der Waals surface area (Å²) in [5.74, 6) is -1.18. The van der Waals surface area contributed by atoms with E-state index in [0.717, 1.165) is 32.8 Å². The molecule has 1 aliphatic carbocycles. The molecule has 1 aliphatic rings. The Labute approximate surface area is 151 Å². The van der Waals surface area contributed by atoms with Gasteiger partial charge in [-0.15, -0.1) is 0 Å². The number of aryl methyl sites for hydroxylation is 1. The van der Waals surface area contributed by atoms with Crippen molar-refractivity contribution in [3.05, 3.63) is 22.6 Å². The maximum atomic E-state index is 12.4. The summed E-state index contributed by atoms with van der Waals surface area (Å²) in [5.41, 5.74) is 0. The fourth-order valence-corrected chi connectivity index (χ4v) is 3.62. The summed E-state index contributed by atoms with van der Waals surface area (Å²) in [4.78, 5) is 35.1. The minimum atomic E-state index is -3.95. The number of carbonyl (C=O) groups excluding carboxylic acids is 2. The molecule has 0 saturated carbocycles. The third-order valence-corrected chi connectivity index (χ3v) is 5.18. The molecule has 2 rings (SSSR count). The number of anilines is 1. The number of hydrogen-bond acceptors (Lipinski definition) is 8. The predicted molar refractivity (Wildman–Crippen MR) is 92.8 cm³/mol. The average molecular weight is 383 g/mol. The number of rotatable bonds is 4. The number of nitrogens with one attached hydrogen (secondary N) is 2. The van der Waals surface area contributed by atoms with E-state index in [1.165, 1.54) is 6.92 Å². The molecule has 26 heavy (non-hydrogen) atoms. The Bertz CT molecular complexity index is 822. The average Bonchev–Trinajstić information content (AvgIpc) is 2.51. The van der Waals surface area contributed by atoms with E-state index in [0.29, 0.717) is 12.8 Å². The molecule has 10 nitrogen and oxygen atoms in total. The van der Waals surface area contributed by atoms with Crippen LogP contribution in [0, 0.1) is 6.92 Å². The third-order valence-electron chi connectivity index (χ3n) is 3.66. The normalized spacial score (nSPS) is 15.2. The van der Waals surface area contributed by atoms with E-state index in [1.54, 1.807) is 6.08 Å². The van der Waals surface area contributed by atoms with Crippen molar-refractivity contribution in [1.82, 2.24) is 19.7 Å². The topological polar surface area (TPSA) is 140 Å². The van der Waals surface area contributed by atoms with Crippen LogP contribution in [0.5, 0.6) is 0 Å². The molecule has 0 radical (unpaired) electrons. The lowest BCUT2D eigenvalue weighted by molar-refractivity contribution is 0.0586. The van der Waals surface area contributed by atoms with Crippen molar-refractivity contribution in [1.29, 1.82) is 0 Å². The van der Waals surface area contributed by atoms with E-state index in [4.69, 9.17) is 0 Å². The molecule has 11 heteroatoms. The molecule has 0 aliphatic heterocycles. The van der Waals surface area contributed by atoms with E-state index in [1.807, 2.05) is 4.72 Å². The molecule has 0 aromatic carbocycles. The number of esters is 1. The lowest BCUT2D eigenvalue weighted by atomic mass is 10.1. The number of methoxy groups -OCH3 is 1. The fraction of sp³-hybridized carbons (Fsp3) is 0.533. The van der Waals surface area contributed by atoms with Gasteiger partial charge >= 0.3 is 12.0 Å². The summed E-state index contributed by atoms with van der Waals surface area (Å²) >= 11 is 0. The Balaban J connectivity index is 2.10. The molecule has 0 bridgehead atoms. The molecular weight excluding hydrogens is 362 g/mol. The van der Waals surface area contributed by atoms with E-state index in [9.17, 15) is 18.0 Å². The van der Waals surface area contributed by atoms with E-state index in [2.05, 4.69) is 25.0 Å². The lowest BCUT2D eigenvalue weighted by Crippen LogP contribution is -2.36. The first kappa shape index (κ1) is 19.8. The van der Waals surface area contributed by atoms with Gasteiger partial charge in [0.25, 0.3) is 10.0 Å². The van der Waals surface area contributed by atoms with Crippen LogP contribution in [0.2, 0.25) is 0 Å². The Morgan fingerprint density at radius 1 is 1.12 bits per heavy atom. The minimum absolute atomic E-state index is 0.168. The molecule has 142 valence electrons. The molecule has 0 fully saturated rings. The number of allylic oxidation sites excluding steroid dienone is 2. The zero-order valence-corrected chi connectivity index (χ0v) is 15.4. The molecular formula is C15H21N5O5S. The van der Waals surface area contributed by atoms with Crippen molar-refractivity contribution in [3.8, 4) is 0 Å². The van der Waals surface area contributed by atoms with E-state index in [-0.39, 0.29) is 22.5 Å². The molecule has 0 unspecified atom stereocenters. The van der Waals surface area contributed by atoms with Gasteiger partial charge in [0.15, 0.2) is 0 Å². The van der Waals surface area contributed by atoms with Crippen molar-refractivity contribution in [2.45, 2.75) is 45.4 Å². The van der Waals surface area contributed by atoms with Crippen LogP contribution in [0.25, 0.3) is 0 Å². The number of amides is 2. The van der Waals surface area contributed by atoms with Crippen molar-refractivity contribution in [2.24, 2.45) is 0 Å². The first-order chi connectivity index (χ1) is 12.3. The van der Waals surface area contributed by atoms with Gasteiger partial charge in [0.05, 0.1) is 12.0 Å². The fourth-order valence-electron chi connectivity index (χ4n) is 2.44. The Kier molecular flexibility index (Phi) is 6.61. The van der Waals surface area contributed by atoms with Crippen molar-refractivity contribution in [2.75, 3.05) is 12.4 Å². The first-order valence-electron chi connectivity index (χ1n) is 8.15. The van der Waals surface area contributed by atoms with Crippen LogP contribution in [0.15, 0.2) is 11.0 Å². The molecule has 2 amide bonds. The molecule has 0 spiro atoms. The quantitative estimate of drug-likeness (QED) is 0.748. The SMILES string of the molecule is COC(=O)c1nc(C)nc(NC(=O)NS(=O)(=O)C2=CCCCCCC2)n1. The van der Waals surface area contributed by atoms with Crippen molar-refractivity contribution >= 4 is 28.0 Å². The highest BCUT2D eigenvalue weighted by atomic mass is 32.2. The largest absolute Gasteiger partial charge is 0.463 e. The van der Waals surface area contributed by atoms with Crippen molar-refractivity contribution in [3.63, 3.8) is 0 Å². The number of ether oxygens (including phenoxy) is 1.